The monoisotopic (exact) mass is 381 g/mol. The lowest BCUT2D eigenvalue weighted by Crippen LogP contribution is -2.49. The zero-order valence-electron chi connectivity index (χ0n) is 13.8. The van der Waals surface area contributed by atoms with Crippen molar-refractivity contribution in [3.05, 3.63) is 30.1 Å². The summed E-state index contributed by atoms with van der Waals surface area (Å²) in [5.74, 6) is -1.58. The summed E-state index contributed by atoms with van der Waals surface area (Å²) in [6.07, 6.45) is 1.49. The topological polar surface area (TPSA) is 101 Å². The van der Waals surface area contributed by atoms with Crippen LogP contribution in [0.1, 0.15) is 26.7 Å². The number of nitrogens with two attached hydrogens (primary N) is 1. The first-order valence-corrected chi connectivity index (χ1v) is 9.02. The lowest BCUT2D eigenvalue weighted by Gasteiger charge is -2.21. The minimum absolute atomic E-state index is 0. The quantitative estimate of drug-likeness (QED) is 0.563. The molecule has 1 unspecified atom stereocenters. The predicted molar refractivity (Wildman–Crippen MR) is 93.9 cm³/mol. The molecule has 1 aromatic rings. The fraction of sp³-hybridized carbons (Fsp3) is 0.533. The Hall–Kier alpha value is -1.22. The Kier molecular flexibility index (Phi) is 10.1. The minimum Gasteiger partial charge on any atom is -0.355 e. The van der Waals surface area contributed by atoms with Crippen molar-refractivity contribution in [2.75, 3.05) is 13.1 Å². The molecule has 1 amide bonds. The maximum Gasteiger partial charge on any atom is 0.244 e. The van der Waals surface area contributed by atoms with Crippen molar-refractivity contribution >= 4 is 28.3 Å². The van der Waals surface area contributed by atoms with E-state index in [0.29, 0.717) is 19.5 Å². The van der Waals surface area contributed by atoms with Crippen LogP contribution in [-0.2, 0) is 14.8 Å². The molecule has 0 aliphatic carbocycles. The van der Waals surface area contributed by atoms with E-state index in [-0.39, 0.29) is 18.3 Å². The molecule has 9 heteroatoms. The van der Waals surface area contributed by atoms with Gasteiger partial charge in [0.25, 0.3) is 0 Å². The lowest BCUT2D eigenvalue weighted by molar-refractivity contribution is -0.123. The van der Waals surface area contributed by atoms with Crippen LogP contribution in [0.5, 0.6) is 0 Å². The molecule has 1 atom stereocenters. The largest absolute Gasteiger partial charge is 0.355 e. The normalized spacial score (nSPS) is 12.5. The molecule has 0 spiro atoms. The number of benzene rings is 1. The average Bonchev–Trinajstić information content (AvgIpc) is 2.49. The molecule has 0 aromatic heterocycles. The highest BCUT2D eigenvalue weighted by Gasteiger charge is 2.29. The third-order valence-electron chi connectivity index (χ3n) is 3.29. The number of sulfonamides is 1. The van der Waals surface area contributed by atoms with E-state index in [1.807, 2.05) is 0 Å². The molecule has 1 rings (SSSR count). The standard InChI is InChI=1S/C15H24FN3O3S.ClH/c1-11(2)14(15(20)18-10-6-5-9-17)19-23(21,22)13-8-4-3-7-12(13)16;/h3-4,7-8,11,14,19H,5-6,9-10,17H2,1-2H3,(H,18,20);1H. The number of carbonyl (C=O) groups excluding carboxylic acids is 1. The van der Waals surface area contributed by atoms with Gasteiger partial charge in [-0.3, -0.25) is 4.79 Å². The number of amides is 1. The van der Waals surface area contributed by atoms with Crippen LogP contribution in [0.15, 0.2) is 29.2 Å². The Labute approximate surface area is 148 Å². The van der Waals surface area contributed by atoms with Crippen molar-refractivity contribution in [2.45, 2.75) is 37.6 Å². The summed E-state index contributed by atoms with van der Waals surface area (Å²) in [4.78, 5) is 11.7. The summed E-state index contributed by atoms with van der Waals surface area (Å²) in [6.45, 7) is 4.38. The third kappa shape index (κ3) is 6.72. The van der Waals surface area contributed by atoms with E-state index in [2.05, 4.69) is 10.0 Å². The van der Waals surface area contributed by atoms with Crippen LogP contribution in [0.3, 0.4) is 0 Å². The number of halogens is 2. The van der Waals surface area contributed by atoms with Crippen molar-refractivity contribution < 1.29 is 17.6 Å². The highest BCUT2D eigenvalue weighted by Crippen LogP contribution is 2.15. The van der Waals surface area contributed by atoms with Crippen LogP contribution >= 0.6 is 12.4 Å². The number of nitrogens with one attached hydrogen (secondary N) is 2. The molecule has 0 radical (unpaired) electrons. The van der Waals surface area contributed by atoms with Crippen LogP contribution < -0.4 is 15.8 Å². The van der Waals surface area contributed by atoms with E-state index in [4.69, 9.17) is 5.73 Å². The molecular weight excluding hydrogens is 357 g/mol. The Bertz CT molecular complexity index is 626. The van der Waals surface area contributed by atoms with Gasteiger partial charge >= 0.3 is 0 Å². The molecule has 0 bridgehead atoms. The molecule has 4 N–H and O–H groups in total. The second-order valence-electron chi connectivity index (χ2n) is 5.56. The summed E-state index contributed by atoms with van der Waals surface area (Å²) in [7, 11) is -4.12. The predicted octanol–water partition coefficient (Wildman–Crippen LogP) is 1.41. The Morgan fingerprint density at radius 3 is 2.42 bits per heavy atom. The van der Waals surface area contributed by atoms with Crippen LogP contribution in [0.2, 0.25) is 0 Å². The van der Waals surface area contributed by atoms with Crippen LogP contribution in [0.4, 0.5) is 4.39 Å². The maximum atomic E-state index is 13.7. The summed E-state index contributed by atoms with van der Waals surface area (Å²) in [6, 6.07) is 4.07. The number of rotatable bonds is 9. The highest BCUT2D eigenvalue weighted by molar-refractivity contribution is 7.89. The third-order valence-corrected chi connectivity index (χ3v) is 4.76. The van der Waals surface area contributed by atoms with Gasteiger partial charge in [-0.25, -0.2) is 12.8 Å². The van der Waals surface area contributed by atoms with Gasteiger partial charge in [-0.2, -0.15) is 4.72 Å². The van der Waals surface area contributed by atoms with Crippen LogP contribution in [-0.4, -0.2) is 33.5 Å². The van der Waals surface area contributed by atoms with Gasteiger partial charge < -0.3 is 11.1 Å². The number of carbonyl (C=O) groups is 1. The molecule has 0 heterocycles. The molecule has 24 heavy (non-hydrogen) atoms. The first kappa shape index (κ1) is 22.8. The van der Waals surface area contributed by atoms with Crippen LogP contribution in [0, 0.1) is 11.7 Å². The summed E-state index contributed by atoms with van der Waals surface area (Å²) >= 11 is 0. The van der Waals surface area contributed by atoms with Crippen molar-refractivity contribution in [1.29, 1.82) is 0 Å². The van der Waals surface area contributed by atoms with Gasteiger partial charge in [0.1, 0.15) is 16.8 Å². The van der Waals surface area contributed by atoms with E-state index in [1.165, 1.54) is 12.1 Å². The van der Waals surface area contributed by atoms with Gasteiger partial charge in [-0.15, -0.1) is 12.4 Å². The van der Waals surface area contributed by atoms with Gasteiger partial charge in [-0.1, -0.05) is 26.0 Å². The van der Waals surface area contributed by atoms with Gasteiger partial charge in [-0.05, 0) is 37.4 Å². The van der Waals surface area contributed by atoms with E-state index >= 15 is 0 Å². The summed E-state index contributed by atoms with van der Waals surface area (Å²) in [5, 5.41) is 2.67. The molecular formula is C15H25ClFN3O3S. The van der Waals surface area contributed by atoms with E-state index in [1.54, 1.807) is 13.8 Å². The van der Waals surface area contributed by atoms with Crippen molar-refractivity contribution in [3.8, 4) is 0 Å². The van der Waals surface area contributed by atoms with Gasteiger partial charge in [0.2, 0.25) is 15.9 Å². The number of unbranched alkanes of at least 4 members (excludes halogenated alkanes) is 1. The molecule has 0 saturated heterocycles. The number of hydrogen-bond donors (Lipinski definition) is 3. The van der Waals surface area contributed by atoms with E-state index < -0.39 is 32.7 Å². The van der Waals surface area contributed by atoms with Crippen LogP contribution in [0.25, 0.3) is 0 Å². The fourth-order valence-corrected chi connectivity index (χ4v) is 3.40. The van der Waals surface area contributed by atoms with Crippen molar-refractivity contribution in [2.24, 2.45) is 11.7 Å². The zero-order valence-corrected chi connectivity index (χ0v) is 15.4. The van der Waals surface area contributed by atoms with E-state index in [0.717, 1.165) is 18.6 Å². The average molecular weight is 382 g/mol. The Morgan fingerprint density at radius 2 is 1.88 bits per heavy atom. The zero-order chi connectivity index (χ0) is 17.5. The van der Waals surface area contributed by atoms with Gasteiger partial charge in [0, 0.05) is 6.54 Å². The SMILES string of the molecule is CC(C)C(NS(=O)(=O)c1ccccc1F)C(=O)NCCCCN.Cl. The highest BCUT2D eigenvalue weighted by atomic mass is 35.5. The molecule has 0 fully saturated rings. The van der Waals surface area contributed by atoms with Gasteiger partial charge in [0.05, 0.1) is 0 Å². The van der Waals surface area contributed by atoms with Crippen molar-refractivity contribution in [1.82, 2.24) is 10.0 Å². The minimum atomic E-state index is -4.12. The molecule has 0 saturated carbocycles. The second-order valence-corrected chi connectivity index (χ2v) is 7.24. The fourth-order valence-electron chi connectivity index (χ4n) is 1.98. The second kappa shape index (κ2) is 10.6. The molecule has 0 aliphatic heterocycles. The molecule has 1 aromatic carbocycles. The summed E-state index contributed by atoms with van der Waals surface area (Å²) in [5.41, 5.74) is 5.38. The first-order valence-electron chi connectivity index (χ1n) is 7.54. The Morgan fingerprint density at radius 1 is 1.25 bits per heavy atom. The number of hydrogen-bond acceptors (Lipinski definition) is 4. The Balaban J connectivity index is 0.00000529. The maximum absolute atomic E-state index is 13.7. The lowest BCUT2D eigenvalue weighted by atomic mass is 10.1. The smallest absolute Gasteiger partial charge is 0.244 e. The molecule has 6 nitrogen and oxygen atoms in total. The summed E-state index contributed by atoms with van der Waals surface area (Å²) < 4.78 is 40.6. The van der Waals surface area contributed by atoms with E-state index in [9.17, 15) is 17.6 Å². The van der Waals surface area contributed by atoms with Gasteiger partial charge in [0.15, 0.2) is 0 Å². The molecule has 138 valence electrons. The van der Waals surface area contributed by atoms with Crippen molar-refractivity contribution in [3.63, 3.8) is 0 Å². The molecule has 0 aliphatic rings. The first-order chi connectivity index (χ1) is 10.8.